The number of hydrogen-bond acceptors (Lipinski definition) is 5. The Kier molecular flexibility index (Phi) is 5.04. The Morgan fingerprint density at radius 2 is 1.88 bits per heavy atom. The van der Waals surface area contributed by atoms with E-state index in [1.807, 2.05) is 0 Å². The summed E-state index contributed by atoms with van der Waals surface area (Å²) >= 11 is 17.8. The highest BCUT2D eigenvalue weighted by molar-refractivity contribution is 6.36. The number of ether oxygens (including phenoxy) is 1. The first-order chi connectivity index (χ1) is 11.5. The molecule has 0 saturated heterocycles. The smallest absolute Gasteiger partial charge is 0.340 e. The Morgan fingerprint density at radius 3 is 2.62 bits per heavy atom. The van der Waals surface area contributed by atoms with Crippen molar-refractivity contribution in [3.63, 3.8) is 0 Å². The largest absolute Gasteiger partial charge is 0.452 e. The van der Waals surface area contributed by atoms with Crippen LogP contribution in [0.1, 0.15) is 16.2 Å². The average Bonchev–Trinajstić information content (AvgIpc) is 3.02. The van der Waals surface area contributed by atoms with Crippen LogP contribution >= 0.6 is 34.8 Å². The van der Waals surface area contributed by atoms with Gasteiger partial charge in [-0.2, -0.15) is 4.98 Å². The molecule has 0 fully saturated rings. The SMILES string of the molecule is O=C(OCc1nc(-c2ccccc2Cl)no1)c1ccc(Cl)cc1Cl. The first kappa shape index (κ1) is 16.8. The van der Waals surface area contributed by atoms with Crippen LogP contribution in [0.4, 0.5) is 0 Å². The lowest BCUT2D eigenvalue weighted by atomic mass is 10.2. The molecule has 1 aromatic heterocycles. The molecule has 0 atom stereocenters. The van der Waals surface area contributed by atoms with E-state index < -0.39 is 5.97 Å². The third-order valence-electron chi connectivity index (χ3n) is 3.06. The van der Waals surface area contributed by atoms with Gasteiger partial charge in [-0.1, -0.05) is 52.1 Å². The van der Waals surface area contributed by atoms with Crippen LogP contribution in [0.3, 0.4) is 0 Å². The van der Waals surface area contributed by atoms with Crippen molar-refractivity contribution in [2.45, 2.75) is 6.61 Å². The lowest BCUT2D eigenvalue weighted by Gasteiger charge is -2.04. The van der Waals surface area contributed by atoms with Crippen molar-refractivity contribution in [1.29, 1.82) is 0 Å². The molecule has 0 N–H and O–H groups in total. The normalized spacial score (nSPS) is 10.6. The number of halogens is 3. The Hall–Kier alpha value is -2.08. The number of nitrogens with zero attached hydrogens (tertiary/aromatic N) is 2. The molecule has 0 radical (unpaired) electrons. The van der Waals surface area contributed by atoms with Crippen LogP contribution in [0.2, 0.25) is 15.1 Å². The summed E-state index contributed by atoms with van der Waals surface area (Å²) in [6.07, 6.45) is 0. The Bertz CT molecular complexity index is 896. The van der Waals surface area contributed by atoms with Gasteiger partial charge in [0.05, 0.1) is 15.6 Å². The quantitative estimate of drug-likeness (QED) is 0.590. The summed E-state index contributed by atoms with van der Waals surface area (Å²) in [5.41, 5.74) is 0.827. The number of carbonyl (C=O) groups is 1. The molecule has 2 aromatic carbocycles. The highest BCUT2D eigenvalue weighted by Crippen LogP contribution is 2.25. The fourth-order valence-electron chi connectivity index (χ4n) is 1.93. The Labute approximate surface area is 152 Å². The fourth-order valence-corrected chi connectivity index (χ4v) is 2.63. The molecule has 1 heterocycles. The van der Waals surface area contributed by atoms with E-state index in [2.05, 4.69) is 10.1 Å². The third-order valence-corrected chi connectivity index (χ3v) is 3.94. The predicted octanol–water partition coefficient (Wildman–Crippen LogP) is 5.05. The maximum absolute atomic E-state index is 12.0. The topological polar surface area (TPSA) is 65.2 Å². The van der Waals surface area contributed by atoms with Crippen molar-refractivity contribution >= 4 is 40.8 Å². The molecule has 0 saturated carbocycles. The summed E-state index contributed by atoms with van der Waals surface area (Å²) in [6, 6.07) is 11.6. The molecule has 0 aliphatic carbocycles. The zero-order chi connectivity index (χ0) is 17.1. The maximum Gasteiger partial charge on any atom is 0.340 e. The number of aromatic nitrogens is 2. The van der Waals surface area contributed by atoms with Crippen molar-refractivity contribution in [1.82, 2.24) is 10.1 Å². The second kappa shape index (κ2) is 7.21. The number of esters is 1. The lowest BCUT2D eigenvalue weighted by molar-refractivity contribution is 0.0430. The van der Waals surface area contributed by atoms with Crippen LogP contribution in [0.5, 0.6) is 0 Å². The van der Waals surface area contributed by atoms with Gasteiger partial charge in [0.1, 0.15) is 0 Å². The monoisotopic (exact) mass is 382 g/mol. The minimum Gasteiger partial charge on any atom is -0.452 e. The van der Waals surface area contributed by atoms with Gasteiger partial charge >= 0.3 is 5.97 Å². The molecule has 0 aliphatic rings. The molecule has 8 heteroatoms. The van der Waals surface area contributed by atoms with E-state index in [-0.39, 0.29) is 23.1 Å². The fraction of sp³-hybridized carbons (Fsp3) is 0.0625. The molecule has 5 nitrogen and oxygen atoms in total. The van der Waals surface area contributed by atoms with Crippen molar-refractivity contribution < 1.29 is 14.1 Å². The summed E-state index contributed by atoms with van der Waals surface area (Å²) in [5, 5.41) is 4.95. The molecule has 0 spiro atoms. The molecular formula is C16H9Cl3N2O3. The van der Waals surface area contributed by atoms with E-state index in [1.165, 1.54) is 12.1 Å². The first-order valence-corrected chi connectivity index (χ1v) is 7.87. The van der Waals surface area contributed by atoms with Gasteiger partial charge in [0.15, 0.2) is 6.61 Å². The summed E-state index contributed by atoms with van der Waals surface area (Å²) in [7, 11) is 0. The minimum atomic E-state index is -0.617. The van der Waals surface area contributed by atoms with Gasteiger partial charge in [0.25, 0.3) is 5.89 Å². The van der Waals surface area contributed by atoms with Gasteiger partial charge in [0.2, 0.25) is 5.82 Å². The molecular weight excluding hydrogens is 375 g/mol. The average molecular weight is 384 g/mol. The predicted molar refractivity (Wildman–Crippen MR) is 90.3 cm³/mol. The van der Waals surface area contributed by atoms with Crippen LogP contribution in [-0.4, -0.2) is 16.1 Å². The van der Waals surface area contributed by atoms with Gasteiger partial charge in [-0.25, -0.2) is 4.79 Å². The van der Waals surface area contributed by atoms with Gasteiger partial charge < -0.3 is 9.26 Å². The first-order valence-electron chi connectivity index (χ1n) is 6.74. The van der Waals surface area contributed by atoms with E-state index >= 15 is 0 Å². The second-order valence-corrected chi connectivity index (χ2v) is 5.94. The number of carbonyl (C=O) groups excluding carboxylic acids is 1. The van der Waals surface area contributed by atoms with Gasteiger partial charge in [-0.15, -0.1) is 0 Å². The lowest BCUT2D eigenvalue weighted by Crippen LogP contribution is -2.06. The van der Waals surface area contributed by atoms with Crippen molar-refractivity contribution in [3.05, 3.63) is 69.0 Å². The van der Waals surface area contributed by atoms with E-state index in [0.717, 1.165) is 0 Å². The number of benzene rings is 2. The third kappa shape index (κ3) is 3.70. The van der Waals surface area contributed by atoms with Gasteiger partial charge in [-0.3, -0.25) is 0 Å². The molecule has 3 aromatic rings. The van der Waals surface area contributed by atoms with Crippen molar-refractivity contribution in [2.75, 3.05) is 0 Å². The summed E-state index contributed by atoms with van der Waals surface area (Å²) in [5.74, 6) is -0.159. The van der Waals surface area contributed by atoms with E-state index in [0.29, 0.717) is 21.4 Å². The second-order valence-electron chi connectivity index (χ2n) is 4.69. The minimum absolute atomic E-state index is 0.142. The van der Waals surface area contributed by atoms with Crippen LogP contribution < -0.4 is 0 Å². The molecule has 0 amide bonds. The van der Waals surface area contributed by atoms with Crippen LogP contribution in [-0.2, 0) is 11.3 Å². The molecule has 0 unspecified atom stereocenters. The summed E-state index contributed by atoms with van der Waals surface area (Å²) < 4.78 is 10.2. The summed E-state index contributed by atoms with van der Waals surface area (Å²) in [4.78, 5) is 16.2. The molecule has 3 rings (SSSR count). The standard InChI is InChI=1S/C16H9Cl3N2O3/c17-9-5-6-11(13(19)7-9)16(22)23-8-14-20-15(21-24-14)10-3-1-2-4-12(10)18/h1-7H,8H2. The van der Waals surface area contributed by atoms with E-state index in [4.69, 9.17) is 44.1 Å². The zero-order valence-electron chi connectivity index (χ0n) is 12.0. The molecule has 0 aliphatic heterocycles. The van der Waals surface area contributed by atoms with Crippen LogP contribution in [0.15, 0.2) is 47.0 Å². The molecule has 0 bridgehead atoms. The zero-order valence-corrected chi connectivity index (χ0v) is 14.3. The van der Waals surface area contributed by atoms with Crippen LogP contribution in [0.25, 0.3) is 11.4 Å². The van der Waals surface area contributed by atoms with Gasteiger partial charge in [0, 0.05) is 10.6 Å². The summed E-state index contributed by atoms with van der Waals surface area (Å²) in [6.45, 7) is -0.185. The van der Waals surface area contributed by atoms with E-state index in [1.54, 1.807) is 30.3 Å². The van der Waals surface area contributed by atoms with Crippen LogP contribution in [0, 0.1) is 0 Å². The maximum atomic E-state index is 12.0. The van der Waals surface area contributed by atoms with Crippen molar-refractivity contribution in [3.8, 4) is 11.4 Å². The molecule has 24 heavy (non-hydrogen) atoms. The Balaban J connectivity index is 1.69. The van der Waals surface area contributed by atoms with E-state index in [9.17, 15) is 4.79 Å². The highest BCUT2D eigenvalue weighted by atomic mass is 35.5. The highest BCUT2D eigenvalue weighted by Gasteiger charge is 2.16. The number of hydrogen-bond donors (Lipinski definition) is 0. The number of rotatable bonds is 4. The van der Waals surface area contributed by atoms with Crippen molar-refractivity contribution in [2.24, 2.45) is 0 Å². The van der Waals surface area contributed by atoms with Gasteiger partial charge in [-0.05, 0) is 30.3 Å². The Morgan fingerprint density at radius 1 is 1.08 bits per heavy atom. The molecule has 122 valence electrons.